The van der Waals surface area contributed by atoms with E-state index in [9.17, 15) is 0 Å². The van der Waals surface area contributed by atoms with Crippen LogP contribution in [0.3, 0.4) is 0 Å². The van der Waals surface area contributed by atoms with Gasteiger partial charge >= 0.3 is 0 Å². The third kappa shape index (κ3) is 3.73. The number of hydrogen-bond acceptors (Lipinski definition) is 3. The molecule has 0 saturated carbocycles. The summed E-state index contributed by atoms with van der Waals surface area (Å²) < 4.78 is 3.59. The second kappa shape index (κ2) is 9.30. The van der Waals surface area contributed by atoms with Crippen LogP contribution in [-0.4, -0.2) is 14.5 Å². The molecule has 40 heavy (non-hydrogen) atoms. The fourth-order valence-electron chi connectivity index (χ4n) is 5.57. The molecule has 0 saturated heterocycles. The van der Waals surface area contributed by atoms with Crippen LogP contribution in [-0.2, 0) is 0 Å². The van der Waals surface area contributed by atoms with Crippen LogP contribution in [0.2, 0.25) is 0 Å². The molecule has 0 aliphatic rings. The van der Waals surface area contributed by atoms with Crippen molar-refractivity contribution in [1.29, 1.82) is 0 Å². The van der Waals surface area contributed by atoms with Gasteiger partial charge in [0.25, 0.3) is 0 Å². The highest BCUT2D eigenvalue weighted by Crippen LogP contribution is 2.42. The van der Waals surface area contributed by atoms with E-state index in [1.54, 1.807) is 0 Å². The predicted octanol–water partition coefficient (Wildman–Crippen LogP) is 9.79. The minimum atomic E-state index is 0.847. The largest absolute Gasteiger partial charge is 0.285 e. The fourth-order valence-corrected chi connectivity index (χ4v) is 6.81. The molecule has 3 nitrogen and oxygen atoms in total. The maximum Gasteiger partial charge on any atom is 0.138 e. The first-order valence-electron chi connectivity index (χ1n) is 13.3. The molecule has 0 radical (unpaired) electrons. The van der Waals surface area contributed by atoms with Gasteiger partial charge in [-0.15, -0.1) is 11.3 Å². The van der Waals surface area contributed by atoms with Crippen molar-refractivity contribution in [1.82, 2.24) is 14.5 Å². The lowest BCUT2D eigenvalue weighted by Gasteiger charge is -2.11. The molecule has 4 heterocycles. The van der Waals surface area contributed by atoms with Crippen LogP contribution in [0.1, 0.15) is 0 Å². The van der Waals surface area contributed by atoms with Crippen molar-refractivity contribution in [2.45, 2.75) is 0 Å². The number of benzene rings is 4. The Morgan fingerprint density at radius 3 is 1.98 bits per heavy atom. The van der Waals surface area contributed by atoms with Gasteiger partial charge in [-0.25, -0.2) is 9.97 Å². The van der Waals surface area contributed by atoms with E-state index < -0.39 is 0 Å². The van der Waals surface area contributed by atoms with E-state index in [2.05, 4.69) is 132 Å². The maximum absolute atomic E-state index is 5.23. The number of pyridine rings is 2. The molecule has 0 amide bonds. The summed E-state index contributed by atoms with van der Waals surface area (Å²) >= 11 is 1.82. The molecule has 0 bridgehead atoms. The van der Waals surface area contributed by atoms with Gasteiger partial charge in [-0.05, 0) is 47.5 Å². The van der Waals surface area contributed by atoms with Crippen LogP contribution in [0.15, 0.2) is 140 Å². The Morgan fingerprint density at radius 2 is 1.15 bits per heavy atom. The van der Waals surface area contributed by atoms with Gasteiger partial charge in [-0.1, -0.05) is 103 Å². The van der Waals surface area contributed by atoms with E-state index in [0.29, 0.717) is 0 Å². The summed E-state index contributed by atoms with van der Waals surface area (Å²) in [5.74, 6) is 0.892. The van der Waals surface area contributed by atoms with Crippen molar-refractivity contribution in [2.24, 2.45) is 0 Å². The zero-order valence-corrected chi connectivity index (χ0v) is 22.3. The zero-order chi connectivity index (χ0) is 26.5. The fraction of sp³-hybridized carbons (Fsp3) is 0. The third-order valence-corrected chi connectivity index (χ3v) is 8.58. The highest BCUT2D eigenvalue weighted by Gasteiger charge is 2.18. The molecule has 8 aromatic rings. The molecule has 4 aromatic heterocycles. The first-order chi connectivity index (χ1) is 19.8. The van der Waals surface area contributed by atoms with Crippen molar-refractivity contribution in [3.63, 3.8) is 0 Å². The lowest BCUT2D eigenvalue weighted by Crippen LogP contribution is -1.99. The van der Waals surface area contributed by atoms with E-state index in [1.165, 1.54) is 25.7 Å². The standard InChI is InChI=1S/C36H23N3S/c1-3-12-24(13-4-1)26-22-30(25-14-5-2-6-15-25)37-31(23-26)29-18-11-21-34(38-29)39-32-19-9-7-16-27(32)35-28-17-8-10-20-33(28)40-36(35)39/h1-23H. The summed E-state index contributed by atoms with van der Waals surface area (Å²) in [5, 5.41) is 3.83. The van der Waals surface area contributed by atoms with Crippen molar-refractivity contribution in [3.8, 4) is 39.6 Å². The van der Waals surface area contributed by atoms with Gasteiger partial charge in [0.05, 0.1) is 22.6 Å². The molecule has 4 heteroatoms. The Bertz CT molecular complexity index is 2100. The summed E-state index contributed by atoms with van der Waals surface area (Å²) in [4.78, 5) is 11.6. The molecule has 0 N–H and O–H groups in total. The van der Waals surface area contributed by atoms with E-state index >= 15 is 0 Å². The second-order valence-electron chi connectivity index (χ2n) is 9.87. The molecule has 0 unspecified atom stereocenters. The molecular formula is C36H23N3S. The quantitative estimate of drug-likeness (QED) is 0.227. The van der Waals surface area contributed by atoms with Gasteiger partial charge in [0.1, 0.15) is 10.6 Å². The number of fused-ring (bicyclic) bond motifs is 5. The molecule has 0 aliphatic carbocycles. The molecule has 0 spiro atoms. The Kier molecular flexibility index (Phi) is 5.32. The van der Waals surface area contributed by atoms with E-state index in [4.69, 9.17) is 9.97 Å². The average molecular weight is 530 g/mol. The van der Waals surface area contributed by atoms with E-state index in [-0.39, 0.29) is 0 Å². The third-order valence-electron chi connectivity index (χ3n) is 7.42. The monoisotopic (exact) mass is 529 g/mol. The van der Waals surface area contributed by atoms with Gasteiger partial charge in [-0.2, -0.15) is 0 Å². The number of para-hydroxylation sites is 1. The second-order valence-corrected chi connectivity index (χ2v) is 10.9. The number of rotatable bonds is 4. The van der Waals surface area contributed by atoms with Gasteiger partial charge in [0, 0.05) is 26.4 Å². The topological polar surface area (TPSA) is 30.7 Å². The average Bonchev–Trinajstić information content (AvgIpc) is 3.56. The maximum atomic E-state index is 5.23. The Labute approximate surface area is 235 Å². The van der Waals surface area contributed by atoms with Crippen molar-refractivity contribution in [3.05, 3.63) is 140 Å². The van der Waals surface area contributed by atoms with Crippen LogP contribution in [0.5, 0.6) is 0 Å². The normalized spacial score (nSPS) is 11.5. The minimum Gasteiger partial charge on any atom is -0.285 e. The first kappa shape index (κ1) is 22.9. The SMILES string of the molecule is c1ccc(-c2cc(-c3ccccc3)nc(-c3cccc(-n4c5ccccc5c5c6ccccc6sc54)n3)c2)cc1. The lowest BCUT2D eigenvalue weighted by atomic mass is 10.0. The number of aromatic nitrogens is 3. The van der Waals surface area contributed by atoms with Gasteiger partial charge in [0.2, 0.25) is 0 Å². The molecule has 188 valence electrons. The smallest absolute Gasteiger partial charge is 0.138 e. The molecular weight excluding hydrogens is 506 g/mol. The van der Waals surface area contributed by atoms with E-state index in [1.807, 2.05) is 23.5 Å². The molecule has 0 fully saturated rings. The van der Waals surface area contributed by atoms with Gasteiger partial charge in [-0.3, -0.25) is 4.57 Å². The molecule has 0 atom stereocenters. The molecule has 8 rings (SSSR count). The molecule has 4 aromatic carbocycles. The number of nitrogens with zero attached hydrogens (tertiary/aromatic N) is 3. The molecule has 0 aliphatic heterocycles. The van der Waals surface area contributed by atoms with Gasteiger partial charge < -0.3 is 0 Å². The van der Waals surface area contributed by atoms with Crippen molar-refractivity contribution in [2.75, 3.05) is 0 Å². The van der Waals surface area contributed by atoms with Crippen LogP contribution in [0, 0.1) is 0 Å². The zero-order valence-electron chi connectivity index (χ0n) is 21.5. The number of thiophene rings is 1. The summed E-state index contributed by atoms with van der Waals surface area (Å²) in [7, 11) is 0. The van der Waals surface area contributed by atoms with Crippen LogP contribution < -0.4 is 0 Å². The lowest BCUT2D eigenvalue weighted by molar-refractivity contribution is 1.09. The van der Waals surface area contributed by atoms with E-state index in [0.717, 1.165) is 45.1 Å². The Morgan fingerprint density at radius 1 is 0.475 bits per heavy atom. The van der Waals surface area contributed by atoms with Crippen LogP contribution in [0.25, 0.3) is 70.8 Å². The Balaban J connectivity index is 1.35. The Hall–Kier alpha value is -5.06. The minimum absolute atomic E-state index is 0.847. The van der Waals surface area contributed by atoms with Gasteiger partial charge in [0.15, 0.2) is 0 Å². The highest BCUT2D eigenvalue weighted by molar-refractivity contribution is 7.25. The predicted molar refractivity (Wildman–Crippen MR) is 168 cm³/mol. The first-order valence-corrected chi connectivity index (χ1v) is 14.2. The highest BCUT2D eigenvalue weighted by atomic mass is 32.1. The summed E-state index contributed by atoms with van der Waals surface area (Å²) in [5.41, 5.74) is 7.15. The van der Waals surface area contributed by atoms with Crippen molar-refractivity contribution < 1.29 is 0 Å². The summed E-state index contributed by atoms with van der Waals surface area (Å²) in [6, 6.07) is 48.7. The van der Waals surface area contributed by atoms with Crippen molar-refractivity contribution >= 4 is 42.5 Å². The number of hydrogen-bond donors (Lipinski definition) is 0. The summed E-state index contributed by atoms with van der Waals surface area (Å²) in [6.45, 7) is 0. The summed E-state index contributed by atoms with van der Waals surface area (Å²) in [6.07, 6.45) is 0. The van der Waals surface area contributed by atoms with Crippen LogP contribution in [0.4, 0.5) is 0 Å². The van der Waals surface area contributed by atoms with Crippen LogP contribution >= 0.6 is 11.3 Å².